The zero-order valence-corrected chi connectivity index (χ0v) is 30.4. The molecule has 1 saturated heterocycles. The second-order valence-electron chi connectivity index (χ2n) is 19.1. The van der Waals surface area contributed by atoms with Crippen LogP contribution >= 0.6 is 0 Å². The van der Waals surface area contributed by atoms with Gasteiger partial charge >= 0.3 is 5.97 Å². The number of nitrogens with zero attached hydrogens (tertiary/aromatic N) is 1. The van der Waals surface area contributed by atoms with Crippen LogP contribution in [-0.4, -0.2) is 80.2 Å². The Kier molecular flexibility index (Phi) is 8.83. The third-order valence-corrected chi connectivity index (χ3v) is 16.3. The number of ether oxygens (including phenoxy) is 1. The molecule has 1 heterocycles. The van der Waals surface area contributed by atoms with E-state index in [1.807, 2.05) is 0 Å². The highest BCUT2D eigenvalue weighted by molar-refractivity contribution is 5.76. The van der Waals surface area contributed by atoms with Gasteiger partial charge in [-0.1, -0.05) is 60.1 Å². The molecule has 9 heteroatoms. The molecule has 5 N–H and O–H groups in total. The van der Waals surface area contributed by atoms with Gasteiger partial charge in [-0.25, -0.2) is 4.79 Å². The van der Waals surface area contributed by atoms with Crippen LogP contribution in [0.5, 0.6) is 0 Å². The van der Waals surface area contributed by atoms with Crippen molar-refractivity contribution >= 4 is 12.0 Å². The molecule has 0 aromatic carbocycles. The summed E-state index contributed by atoms with van der Waals surface area (Å²) in [7, 11) is 0. The monoisotopic (exact) mass is 671 g/mol. The van der Waals surface area contributed by atoms with E-state index in [9.17, 15) is 35.1 Å². The largest absolute Gasteiger partial charge is 0.481 e. The summed E-state index contributed by atoms with van der Waals surface area (Å²) < 4.78 is 6.09. The Morgan fingerprint density at radius 2 is 1.54 bits per heavy atom. The van der Waals surface area contributed by atoms with E-state index in [-0.39, 0.29) is 44.8 Å². The highest BCUT2D eigenvalue weighted by Gasteiger charge is 2.70. The molecular formula is C39H61NO8. The summed E-state index contributed by atoms with van der Waals surface area (Å²) in [5.74, 6) is -0.0746. The molecule has 6 rings (SSSR count). The molecule has 0 bridgehead atoms. The quantitative estimate of drug-likeness (QED) is 0.147. The summed E-state index contributed by atoms with van der Waals surface area (Å²) >= 11 is 0. The molecule has 0 spiro atoms. The van der Waals surface area contributed by atoms with Gasteiger partial charge in [0, 0.05) is 0 Å². The Balaban J connectivity index is 1.30. The van der Waals surface area contributed by atoms with E-state index in [0.717, 1.165) is 64.2 Å². The first-order valence-corrected chi connectivity index (χ1v) is 18.6. The maximum Gasteiger partial charge on any atom is 0.310 e. The van der Waals surface area contributed by atoms with E-state index in [1.54, 1.807) is 6.92 Å². The van der Waals surface area contributed by atoms with Gasteiger partial charge in [0.2, 0.25) is 6.08 Å². The summed E-state index contributed by atoms with van der Waals surface area (Å²) in [5.41, 5.74) is 0.477. The van der Waals surface area contributed by atoms with E-state index in [1.165, 1.54) is 11.7 Å². The number of allylic oxidation sites excluding steroid dienone is 2. The molecule has 48 heavy (non-hydrogen) atoms. The van der Waals surface area contributed by atoms with E-state index in [2.05, 4.69) is 59.5 Å². The van der Waals surface area contributed by atoms with Crippen LogP contribution in [0.4, 0.5) is 0 Å². The van der Waals surface area contributed by atoms with Gasteiger partial charge in [-0.15, -0.1) is 0 Å². The molecule has 270 valence electrons. The molecule has 4 saturated carbocycles. The van der Waals surface area contributed by atoms with Crippen molar-refractivity contribution in [3.8, 4) is 0 Å². The highest BCUT2D eigenvalue weighted by atomic mass is 16.5. The Morgan fingerprint density at radius 3 is 2.19 bits per heavy atom. The standard InChI is InChI=1S/C39H61NO8/c1-21(40-20-41)31-29(44)28(43)30(45)32(48-31)27(42)23-11-13-36(6)25(35(23,4)5)12-14-38(8)26(36)10-9-22-24-19-34(2,3)15-17-39(24,33(46)47)18-16-37(22,38)7/h9,21,23-32,42-45H,10-19H2,1-8H3,(H,46,47)/t21?,23-,24?,25?,26?,27+,28+,29+,30?,31?,32+,36+,37-,38-,39+/m1/s1. The lowest BCUT2D eigenvalue weighted by molar-refractivity contribution is -0.265. The van der Waals surface area contributed by atoms with Crippen LogP contribution in [0.25, 0.3) is 0 Å². The van der Waals surface area contributed by atoms with E-state index in [0.29, 0.717) is 5.92 Å². The van der Waals surface area contributed by atoms with Gasteiger partial charge in [0.1, 0.15) is 30.5 Å². The number of carboxylic acid groups (broad SMARTS) is 1. The van der Waals surface area contributed by atoms with Crippen LogP contribution in [0.15, 0.2) is 16.6 Å². The zero-order valence-electron chi connectivity index (χ0n) is 30.4. The number of hydrogen-bond acceptors (Lipinski definition) is 8. The summed E-state index contributed by atoms with van der Waals surface area (Å²) in [6.07, 6.45) is 5.03. The van der Waals surface area contributed by atoms with Crippen LogP contribution < -0.4 is 0 Å². The third-order valence-electron chi connectivity index (χ3n) is 16.3. The molecule has 9 nitrogen and oxygen atoms in total. The minimum atomic E-state index is -1.55. The molecule has 0 aromatic rings. The molecule has 5 aliphatic carbocycles. The number of aliphatic carboxylic acids is 1. The van der Waals surface area contributed by atoms with Gasteiger partial charge in [0.15, 0.2) is 0 Å². The first kappa shape index (κ1) is 36.2. The van der Waals surface area contributed by atoms with E-state index >= 15 is 0 Å². The number of fused-ring (bicyclic) bond motifs is 7. The number of carboxylic acids is 1. The normalized spacial score (nSPS) is 50.6. The van der Waals surface area contributed by atoms with Gasteiger partial charge in [-0.05, 0) is 122 Å². The maximum atomic E-state index is 13.0. The lowest BCUT2D eigenvalue weighted by Crippen LogP contribution is -2.67. The Hall–Kier alpha value is -1.61. The molecule has 6 unspecified atom stereocenters. The predicted octanol–water partition coefficient (Wildman–Crippen LogP) is 5.42. The van der Waals surface area contributed by atoms with Crippen molar-refractivity contribution in [2.75, 3.05) is 0 Å². The lowest BCUT2D eigenvalue weighted by Gasteiger charge is -2.71. The summed E-state index contributed by atoms with van der Waals surface area (Å²) in [5, 5.41) is 55.1. The molecular weight excluding hydrogens is 610 g/mol. The third kappa shape index (κ3) is 4.92. The summed E-state index contributed by atoms with van der Waals surface area (Å²) in [6.45, 7) is 18.1. The summed E-state index contributed by atoms with van der Waals surface area (Å²) in [6, 6.07) is -0.807. The fourth-order valence-electron chi connectivity index (χ4n) is 13.3. The smallest absolute Gasteiger partial charge is 0.310 e. The van der Waals surface area contributed by atoms with Crippen molar-refractivity contribution in [2.45, 2.75) is 162 Å². The molecule has 0 radical (unpaired) electrons. The predicted molar refractivity (Wildman–Crippen MR) is 180 cm³/mol. The van der Waals surface area contributed by atoms with Crippen molar-refractivity contribution in [1.29, 1.82) is 0 Å². The van der Waals surface area contributed by atoms with Gasteiger partial charge < -0.3 is 30.3 Å². The average Bonchev–Trinajstić information content (AvgIpc) is 2.99. The topological polar surface area (TPSA) is 157 Å². The molecule has 0 aromatic heterocycles. The SMILES string of the molecule is CC(N=C=O)C1O[C@@H]([C@@H](O)[C@H]2CC[C@@]3(C)C(CC[C@]4(C)C3CC=C3C5CC(C)(C)CC[C@]5(C(=O)O)CC[C@]34C)C2(C)C)C(O)[C@@H](O)[C@@H]1O. The van der Waals surface area contributed by atoms with Crippen LogP contribution in [0.3, 0.4) is 0 Å². The van der Waals surface area contributed by atoms with Crippen LogP contribution in [0.1, 0.15) is 120 Å². The van der Waals surface area contributed by atoms with E-state index < -0.39 is 54.0 Å². The minimum Gasteiger partial charge on any atom is -0.481 e. The zero-order chi connectivity index (χ0) is 35.4. The number of hydrogen-bond donors (Lipinski definition) is 5. The number of aliphatic imine (C=N–C) groups is 1. The fraction of sp³-hybridized carbons (Fsp3) is 0.897. The van der Waals surface area contributed by atoms with Crippen molar-refractivity contribution in [2.24, 2.45) is 61.2 Å². The average molecular weight is 672 g/mol. The first-order chi connectivity index (χ1) is 22.2. The Labute approximate surface area is 286 Å². The van der Waals surface area contributed by atoms with Crippen molar-refractivity contribution < 1.29 is 39.9 Å². The van der Waals surface area contributed by atoms with Gasteiger partial charge in [0.05, 0.1) is 17.6 Å². The van der Waals surface area contributed by atoms with Gasteiger partial charge in [-0.3, -0.25) is 4.79 Å². The number of aliphatic hydroxyl groups is 4. The van der Waals surface area contributed by atoms with Crippen LogP contribution in [0, 0.1) is 56.2 Å². The van der Waals surface area contributed by atoms with E-state index in [4.69, 9.17) is 4.74 Å². The molecule has 0 amide bonds. The van der Waals surface area contributed by atoms with Crippen LogP contribution in [-0.2, 0) is 14.3 Å². The summed E-state index contributed by atoms with van der Waals surface area (Å²) in [4.78, 5) is 27.6. The number of rotatable bonds is 5. The molecule has 15 atom stereocenters. The van der Waals surface area contributed by atoms with Crippen LogP contribution in [0.2, 0.25) is 0 Å². The van der Waals surface area contributed by atoms with Gasteiger partial charge in [-0.2, -0.15) is 4.99 Å². The minimum absolute atomic E-state index is 0.0115. The fourth-order valence-corrected chi connectivity index (χ4v) is 13.3. The number of aliphatic hydroxyl groups excluding tert-OH is 4. The number of isocyanates is 1. The van der Waals surface area contributed by atoms with Gasteiger partial charge in [0.25, 0.3) is 0 Å². The molecule has 5 fully saturated rings. The lowest BCUT2D eigenvalue weighted by atomic mass is 9.33. The number of carbonyl (C=O) groups excluding carboxylic acids is 1. The van der Waals surface area contributed by atoms with Crippen molar-refractivity contribution in [1.82, 2.24) is 0 Å². The Morgan fingerprint density at radius 1 is 0.896 bits per heavy atom. The second-order valence-corrected chi connectivity index (χ2v) is 19.1. The van der Waals surface area contributed by atoms with Crippen molar-refractivity contribution in [3.05, 3.63) is 11.6 Å². The first-order valence-electron chi connectivity index (χ1n) is 18.6. The van der Waals surface area contributed by atoms with Crippen molar-refractivity contribution in [3.63, 3.8) is 0 Å². The highest BCUT2D eigenvalue weighted by Crippen LogP contribution is 2.76. The second kappa shape index (κ2) is 11.7. The number of carbonyl (C=O) groups is 1. The molecule has 6 aliphatic rings. The Bertz CT molecular complexity index is 1370. The molecule has 1 aliphatic heterocycles. The maximum absolute atomic E-state index is 13.0.